The molecule has 0 saturated heterocycles. The molecule has 2 aromatic carbocycles. The number of rotatable bonds is 0. The van der Waals surface area contributed by atoms with E-state index in [4.69, 9.17) is 0 Å². The van der Waals surface area contributed by atoms with Gasteiger partial charge in [-0.05, 0) is 0 Å². The largest absolute Gasteiger partial charge is 4.00 e. The third-order valence-electron chi connectivity index (χ3n) is 1.98. The molecule has 0 atom stereocenters. The zero-order valence-electron chi connectivity index (χ0n) is 10.1. The zero-order valence-corrected chi connectivity index (χ0v) is 15.2. The molecule has 0 aliphatic heterocycles. The third-order valence-corrected chi connectivity index (χ3v) is 1.98. The summed E-state index contributed by atoms with van der Waals surface area (Å²) in [5.74, 6) is 0. The van der Waals surface area contributed by atoms with E-state index >= 15 is 0 Å². The molecule has 0 amide bonds. The number of hydrogen-bond acceptors (Lipinski definition) is 0. The fourth-order valence-electron chi connectivity index (χ4n) is 1.13. The molecular formula is C12H8Cl2F6Hf. The van der Waals surface area contributed by atoms with E-state index in [-0.39, 0.29) is 50.7 Å². The van der Waals surface area contributed by atoms with Crippen LogP contribution in [0.15, 0.2) is 48.5 Å². The minimum absolute atomic E-state index is 0. The molecule has 0 aliphatic carbocycles. The van der Waals surface area contributed by atoms with Crippen LogP contribution in [0, 0.1) is 0 Å². The topological polar surface area (TPSA) is 0 Å². The van der Waals surface area contributed by atoms with Crippen molar-refractivity contribution in [3.63, 3.8) is 0 Å². The summed E-state index contributed by atoms with van der Waals surface area (Å²) < 4.78 is 69.7. The van der Waals surface area contributed by atoms with E-state index in [0.717, 1.165) is 24.3 Å². The smallest absolute Gasteiger partial charge is 1.00 e. The molecular weight excluding hydrogens is 508 g/mol. The molecule has 0 bridgehead atoms. The molecule has 2 rings (SSSR count). The fourth-order valence-corrected chi connectivity index (χ4v) is 1.13. The first kappa shape index (κ1) is 25.7. The van der Waals surface area contributed by atoms with E-state index in [1.165, 1.54) is 24.3 Å². The van der Waals surface area contributed by atoms with Crippen LogP contribution in [-0.4, -0.2) is 0 Å². The van der Waals surface area contributed by atoms with Crippen LogP contribution in [-0.2, 0) is 38.2 Å². The van der Waals surface area contributed by atoms with Crippen LogP contribution in [0.1, 0.15) is 11.1 Å². The minimum atomic E-state index is -4.18. The molecule has 21 heavy (non-hydrogen) atoms. The summed E-state index contributed by atoms with van der Waals surface area (Å²) in [7, 11) is 0. The summed E-state index contributed by atoms with van der Waals surface area (Å²) in [5, 5.41) is 0. The molecule has 9 heteroatoms. The number of alkyl halides is 6. The molecule has 0 spiro atoms. The van der Waals surface area contributed by atoms with Crippen molar-refractivity contribution in [3.05, 3.63) is 59.7 Å². The van der Waals surface area contributed by atoms with Crippen molar-refractivity contribution in [2.45, 2.75) is 12.4 Å². The van der Waals surface area contributed by atoms with E-state index < -0.39 is 23.5 Å². The van der Waals surface area contributed by atoms with Crippen molar-refractivity contribution >= 4 is 0 Å². The maximum absolute atomic E-state index is 11.6. The van der Waals surface area contributed by atoms with Crippen molar-refractivity contribution in [1.82, 2.24) is 0 Å². The first-order valence-corrected chi connectivity index (χ1v) is 4.79. The van der Waals surface area contributed by atoms with E-state index in [1.807, 2.05) is 0 Å². The van der Waals surface area contributed by atoms with Gasteiger partial charge in [0, 0.05) is 0 Å². The average Bonchev–Trinajstić information content (AvgIpc) is 2.91. The predicted octanol–water partition coefficient (Wildman–Crippen LogP) is -1.15. The van der Waals surface area contributed by atoms with Crippen molar-refractivity contribution in [1.29, 1.82) is 0 Å². The van der Waals surface area contributed by atoms with Gasteiger partial charge in [-0.3, -0.25) is 0 Å². The first-order chi connectivity index (χ1) is 8.21. The molecule has 0 N–H and O–H groups in total. The van der Waals surface area contributed by atoms with E-state index in [9.17, 15) is 26.3 Å². The van der Waals surface area contributed by atoms with Crippen LogP contribution >= 0.6 is 0 Å². The molecule has 0 radical (unpaired) electrons. The van der Waals surface area contributed by atoms with Gasteiger partial charge in [0.1, 0.15) is 0 Å². The van der Waals surface area contributed by atoms with E-state index in [2.05, 4.69) is 0 Å². The van der Waals surface area contributed by atoms with Crippen molar-refractivity contribution in [3.8, 4) is 0 Å². The summed E-state index contributed by atoms with van der Waals surface area (Å²) >= 11 is 0. The van der Waals surface area contributed by atoms with E-state index in [0.29, 0.717) is 0 Å². The zero-order chi connectivity index (χ0) is 13.8. The van der Waals surface area contributed by atoms with Crippen LogP contribution in [0.25, 0.3) is 0 Å². The second-order valence-corrected chi connectivity index (χ2v) is 3.34. The quantitative estimate of drug-likeness (QED) is 0.236. The van der Waals surface area contributed by atoms with Crippen LogP contribution in [0.5, 0.6) is 0 Å². The normalized spacial score (nSPS) is 10.2. The maximum atomic E-state index is 11.6. The number of hydrogen-bond donors (Lipinski definition) is 0. The van der Waals surface area contributed by atoms with Crippen molar-refractivity contribution < 1.29 is 77.0 Å². The van der Waals surface area contributed by atoms with Gasteiger partial charge in [-0.1, -0.05) is 11.1 Å². The Morgan fingerprint density at radius 3 is 0.810 bits per heavy atom. The molecule has 0 unspecified atom stereocenters. The van der Waals surface area contributed by atoms with Gasteiger partial charge >= 0.3 is 38.2 Å². The Morgan fingerprint density at radius 1 is 0.524 bits per heavy atom. The second-order valence-electron chi connectivity index (χ2n) is 3.34. The molecule has 0 nitrogen and oxygen atoms in total. The van der Waals surface area contributed by atoms with Crippen molar-refractivity contribution in [2.75, 3.05) is 0 Å². The van der Waals surface area contributed by atoms with Gasteiger partial charge in [-0.2, -0.15) is 50.6 Å². The summed E-state index contributed by atoms with van der Waals surface area (Å²) in [6, 6.07) is 9.62. The monoisotopic (exact) mass is 516 g/mol. The Labute approximate surface area is 148 Å². The third kappa shape index (κ3) is 9.37. The molecule has 0 heterocycles. The summed E-state index contributed by atoms with van der Waals surface area (Å²) in [6.07, 6.45) is -8.35. The van der Waals surface area contributed by atoms with Gasteiger partial charge in [-0.25, -0.2) is 24.3 Å². The van der Waals surface area contributed by atoms with Crippen LogP contribution < -0.4 is 24.8 Å². The molecule has 0 aliphatic rings. The fraction of sp³-hybridized carbons (Fsp3) is 0.167. The maximum Gasteiger partial charge on any atom is 4.00 e. The van der Waals surface area contributed by atoms with Gasteiger partial charge in [-0.15, -0.1) is 0 Å². The molecule has 0 fully saturated rings. The van der Waals surface area contributed by atoms with Crippen LogP contribution in [0.3, 0.4) is 0 Å². The van der Waals surface area contributed by atoms with Gasteiger partial charge in [0.2, 0.25) is 0 Å². The van der Waals surface area contributed by atoms with Gasteiger partial charge in [0.25, 0.3) is 0 Å². The van der Waals surface area contributed by atoms with Crippen LogP contribution in [0.2, 0.25) is 0 Å². The van der Waals surface area contributed by atoms with Gasteiger partial charge in [0.15, 0.2) is 0 Å². The molecule has 0 saturated carbocycles. The molecule has 2 aromatic rings. The Bertz CT molecular complexity index is 401. The Morgan fingerprint density at radius 2 is 0.714 bits per heavy atom. The number of halogens is 8. The molecule has 0 aromatic heterocycles. The Kier molecular flexibility index (Phi) is 12.8. The summed E-state index contributed by atoms with van der Waals surface area (Å²) in [5.41, 5.74) is -1.16. The van der Waals surface area contributed by atoms with Crippen LogP contribution in [0.4, 0.5) is 26.3 Å². The average molecular weight is 516 g/mol. The van der Waals surface area contributed by atoms with Gasteiger partial charge in [0.05, 0.1) is 0 Å². The summed E-state index contributed by atoms with van der Waals surface area (Å²) in [6.45, 7) is 0. The Balaban J connectivity index is -0.000000270. The van der Waals surface area contributed by atoms with Crippen molar-refractivity contribution in [2.24, 2.45) is 0 Å². The second kappa shape index (κ2) is 10.5. The van der Waals surface area contributed by atoms with Gasteiger partial charge < -0.3 is 24.8 Å². The first-order valence-electron chi connectivity index (χ1n) is 4.79. The Hall–Kier alpha value is -0.270. The minimum Gasteiger partial charge on any atom is -1.00 e. The standard InChI is InChI=1S/2C6H4F3.2ClH.Hf/c2*7-6(8,9)5-3-1-2-4-5;;;/h2*1-4H;2*1H;/q2*-1;;;+4/p-2. The molecule has 116 valence electrons. The predicted molar refractivity (Wildman–Crippen MR) is 54.1 cm³/mol. The van der Waals surface area contributed by atoms with E-state index in [1.54, 1.807) is 0 Å². The summed E-state index contributed by atoms with van der Waals surface area (Å²) in [4.78, 5) is 0. The SMILES string of the molecule is FC(F)(F)[c-]1cccc1.FC(F)(F)[c-]1cccc1.[Cl-].[Cl-].[Hf+4].